The second-order valence-corrected chi connectivity index (χ2v) is 9.56. The van der Waals surface area contributed by atoms with Crippen LogP contribution in [0.3, 0.4) is 0 Å². The lowest BCUT2D eigenvalue weighted by Crippen LogP contribution is -2.44. The highest BCUT2D eigenvalue weighted by Crippen LogP contribution is 2.33. The van der Waals surface area contributed by atoms with Gasteiger partial charge in [-0.1, -0.05) is 46.7 Å². The molecule has 1 amide bonds. The molecule has 3 heterocycles. The monoisotopic (exact) mass is 445 g/mol. The van der Waals surface area contributed by atoms with Crippen molar-refractivity contribution in [2.45, 2.75) is 39.7 Å². The molecule has 1 N–H and O–H groups in total. The van der Waals surface area contributed by atoms with Gasteiger partial charge in [0.1, 0.15) is 0 Å². The summed E-state index contributed by atoms with van der Waals surface area (Å²) in [6, 6.07) is 16.3. The molecule has 2 aromatic carbocycles. The van der Waals surface area contributed by atoms with Gasteiger partial charge in [0.05, 0.1) is 16.1 Å². The highest BCUT2D eigenvalue weighted by Gasteiger charge is 2.25. The van der Waals surface area contributed by atoms with Crippen molar-refractivity contribution >= 4 is 32.7 Å². The van der Waals surface area contributed by atoms with E-state index in [9.17, 15) is 4.79 Å². The standard InChI is InChI=1S/C25H27N5OS/c1-16-7-9-21(10-8-16)30-23-22(18(3)28-30)32-25(27-23)29-13-11-20(12-14-29)26-24(31)19-6-4-5-17(2)15-19/h4-10,15,20H,11-14H2,1-3H3,(H,26,31). The first-order valence-corrected chi connectivity index (χ1v) is 11.9. The van der Waals surface area contributed by atoms with Crippen molar-refractivity contribution in [3.05, 3.63) is 70.9 Å². The Morgan fingerprint density at radius 3 is 2.50 bits per heavy atom. The van der Waals surface area contributed by atoms with Crippen LogP contribution in [0.5, 0.6) is 0 Å². The van der Waals surface area contributed by atoms with Crippen LogP contribution in [0.2, 0.25) is 0 Å². The highest BCUT2D eigenvalue weighted by molar-refractivity contribution is 7.22. The van der Waals surface area contributed by atoms with Gasteiger partial charge in [0.15, 0.2) is 10.8 Å². The molecule has 0 saturated carbocycles. The Labute approximate surface area is 191 Å². The molecule has 5 rings (SSSR count). The first kappa shape index (κ1) is 20.7. The van der Waals surface area contributed by atoms with E-state index in [4.69, 9.17) is 10.1 Å². The maximum Gasteiger partial charge on any atom is 0.251 e. The van der Waals surface area contributed by atoms with E-state index in [2.05, 4.69) is 41.4 Å². The largest absolute Gasteiger partial charge is 0.349 e. The molecule has 0 radical (unpaired) electrons. The topological polar surface area (TPSA) is 63.1 Å². The fourth-order valence-electron chi connectivity index (χ4n) is 4.19. The van der Waals surface area contributed by atoms with E-state index >= 15 is 0 Å². The van der Waals surface area contributed by atoms with Crippen LogP contribution in [0.4, 0.5) is 5.13 Å². The quantitative estimate of drug-likeness (QED) is 0.490. The summed E-state index contributed by atoms with van der Waals surface area (Å²) >= 11 is 1.71. The van der Waals surface area contributed by atoms with E-state index in [1.807, 2.05) is 42.8 Å². The average molecular weight is 446 g/mol. The molecule has 4 aromatic rings. The fourth-order valence-corrected chi connectivity index (χ4v) is 5.23. The Balaban J connectivity index is 1.28. The summed E-state index contributed by atoms with van der Waals surface area (Å²) in [4.78, 5) is 19.9. The molecule has 0 unspecified atom stereocenters. The zero-order valence-electron chi connectivity index (χ0n) is 18.6. The van der Waals surface area contributed by atoms with Gasteiger partial charge in [0.2, 0.25) is 0 Å². The van der Waals surface area contributed by atoms with Crippen molar-refractivity contribution in [2.75, 3.05) is 18.0 Å². The zero-order chi connectivity index (χ0) is 22.2. The predicted molar refractivity (Wildman–Crippen MR) is 130 cm³/mol. The third-order valence-corrected chi connectivity index (χ3v) is 7.25. The summed E-state index contributed by atoms with van der Waals surface area (Å²) in [6.07, 6.45) is 1.83. The Bertz CT molecular complexity index is 1270. The Hall–Kier alpha value is -3.19. The molecule has 1 aliphatic rings. The van der Waals surface area contributed by atoms with Crippen LogP contribution >= 0.6 is 11.3 Å². The lowest BCUT2D eigenvalue weighted by atomic mass is 10.0. The summed E-state index contributed by atoms with van der Waals surface area (Å²) < 4.78 is 3.08. The molecule has 164 valence electrons. The van der Waals surface area contributed by atoms with Gasteiger partial charge in [0.25, 0.3) is 5.91 Å². The molecule has 32 heavy (non-hydrogen) atoms. The van der Waals surface area contributed by atoms with Crippen LogP contribution in [-0.2, 0) is 0 Å². The van der Waals surface area contributed by atoms with Gasteiger partial charge in [-0.25, -0.2) is 4.68 Å². The second kappa shape index (κ2) is 8.39. The number of fused-ring (bicyclic) bond motifs is 1. The van der Waals surface area contributed by atoms with Crippen LogP contribution < -0.4 is 10.2 Å². The average Bonchev–Trinajstić information content (AvgIpc) is 3.36. The van der Waals surface area contributed by atoms with E-state index in [1.54, 1.807) is 11.3 Å². The lowest BCUT2D eigenvalue weighted by Gasteiger charge is -2.32. The SMILES string of the molecule is Cc1ccc(-n2nc(C)c3sc(N4CCC(NC(=O)c5cccc(C)c5)CC4)nc32)cc1. The van der Waals surface area contributed by atoms with Crippen LogP contribution in [-0.4, -0.2) is 39.8 Å². The van der Waals surface area contributed by atoms with E-state index in [0.29, 0.717) is 0 Å². The summed E-state index contributed by atoms with van der Waals surface area (Å²) in [5.74, 6) is 0.0148. The van der Waals surface area contributed by atoms with Gasteiger partial charge >= 0.3 is 0 Å². The Kier molecular flexibility index (Phi) is 5.43. The molecule has 6 nitrogen and oxygen atoms in total. The maximum absolute atomic E-state index is 12.6. The number of hydrogen-bond acceptors (Lipinski definition) is 5. The van der Waals surface area contributed by atoms with Crippen molar-refractivity contribution in [2.24, 2.45) is 0 Å². The highest BCUT2D eigenvalue weighted by atomic mass is 32.1. The van der Waals surface area contributed by atoms with E-state index in [1.165, 1.54) is 5.56 Å². The van der Waals surface area contributed by atoms with E-state index < -0.39 is 0 Å². The van der Waals surface area contributed by atoms with Crippen LogP contribution in [0.15, 0.2) is 48.5 Å². The fraction of sp³-hybridized carbons (Fsp3) is 0.320. The summed E-state index contributed by atoms with van der Waals surface area (Å²) in [5, 5.41) is 8.95. The van der Waals surface area contributed by atoms with Gasteiger partial charge in [-0.05, 0) is 57.9 Å². The molecule has 0 atom stereocenters. The number of aryl methyl sites for hydroxylation is 3. The number of hydrogen-bond donors (Lipinski definition) is 1. The maximum atomic E-state index is 12.6. The molecular weight excluding hydrogens is 418 g/mol. The van der Waals surface area contributed by atoms with Gasteiger partial charge in [-0.2, -0.15) is 10.1 Å². The molecule has 1 aliphatic heterocycles. The lowest BCUT2D eigenvalue weighted by molar-refractivity contribution is 0.0931. The molecule has 0 aliphatic carbocycles. The van der Waals surface area contributed by atoms with Crippen LogP contribution in [0, 0.1) is 20.8 Å². The number of thiazole rings is 1. The van der Waals surface area contributed by atoms with Gasteiger partial charge in [-0.15, -0.1) is 0 Å². The first-order valence-electron chi connectivity index (χ1n) is 11.0. The normalized spacial score (nSPS) is 14.8. The van der Waals surface area contributed by atoms with E-state index in [-0.39, 0.29) is 11.9 Å². The summed E-state index contributed by atoms with van der Waals surface area (Å²) in [5.41, 5.74) is 6.01. The van der Waals surface area contributed by atoms with Crippen molar-refractivity contribution in [3.63, 3.8) is 0 Å². The molecule has 0 bridgehead atoms. The van der Waals surface area contributed by atoms with Crippen molar-refractivity contribution in [1.29, 1.82) is 0 Å². The minimum atomic E-state index is 0.0148. The van der Waals surface area contributed by atoms with Gasteiger partial charge in [0, 0.05) is 24.7 Å². The number of carbonyl (C=O) groups excluding carboxylic acids is 1. The molecule has 0 spiro atoms. The Morgan fingerprint density at radius 1 is 1.03 bits per heavy atom. The smallest absolute Gasteiger partial charge is 0.251 e. The van der Waals surface area contributed by atoms with Crippen molar-refractivity contribution in [1.82, 2.24) is 20.1 Å². The molecule has 1 saturated heterocycles. The number of piperidine rings is 1. The minimum Gasteiger partial charge on any atom is -0.349 e. The summed E-state index contributed by atoms with van der Waals surface area (Å²) in [6.45, 7) is 7.90. The van der Waals surface area contributed by atoms with Crippen LogP contribution in [0.1, 0.15) is 40.0 Å². The predicted octanol–water partition coefficient (Wildman–Crippen LogP) is 4.81. The number of anilines is 1. The molecule has 7 heteroatoms. The molecule has 2 aromatic heterocycles. The molecular formula is C25H27N5OS. The number of amides is 1. The number of benzene rings is 2. The second-order valence-electron chi connectivity index (χ2n) is 8.59. The first-order chi connectivity index (χ1) is 15.5. The molecule has 1 fully saturated rings. The number of rotatable bonds is 4. The van der Waals surface area contributed by atoms with Crippen molar-refractivity contribution < 1.29 is 4.79 Å². The number of carbonyl (C=O) groups is 1. The zero-order valence-corrected chi connectivity index (χ0v) is 19.4. The van der Waals surface area contributed by atoms with Gasteiger partial charge < -0.3 is 10.2 Å². The Morgan fingerprint density at radius 2 is 1.78 bits per heavy atom. The minimum absolute atomic E-state index is 0.0148. The van der Waals surface area contributed by atoms with E-state index in [0.717, 1.165) is 63.9 Å². The third-order valence-electron chi connectivity index (χ3n) is 6.04. The van der Waals surface area contributed by atoms with Crippen molar-refractivity contribution in [3.8, 4) is 5.69 Å². The number of nitrogens with zero attached hydrogens (tertiary/aromatic N) is 4. The number of nitrogens with one attached hydrogen (secondary N) is 1. The van der Waals surface area contributed by atoms with Crippen LogP contribution in [0.25, 0.3) is 16.0 Å². The third kappa shape index (κ3) is 4.00. The van der Waals surface area contributed by atoms with Gasteiger partial charge in [-0.3, -0.25) is 4.79 Å². The summed E-state index contributed by atoms with van der Waals surface area (Å²) in [7, 11) is 0. The number of aromatic nitrogens is 3.